The van der Waals surface area contributed by atoms with Crippen molar-refractivity contribution in [1.29, 1.82) is 0 Å². The summed E-state index contributed by atoms with van der Waals surface area (Å²) in [6, 6.07) is 9.14. The highest BCUT2D eigenvalue weighted by molar-refractivity contribution is 7.93. The number of hydrogen-bond acceptors (Lipinski definition) is 3. The van der Waals surface area contributed by atoms with E-state index in [0.717, 1.165) is 14.9 Å². The fourth-order valence-corrected chi connectivity index (χ4v) is 2.16. The van der Waals surface area contributed by atoms with E-state index >= 15 is 0 Å². The summed E-state index contributed by atoms with van der Waals surface area (Å²) in [4.78, 5) is 4.20. The van der Waals surface area contributed by atoms with E-state index in [4.69, 9.17) is 0 Å². The summed E-state index contributed by atoms with van der Waals surface area (Å²) in [5.41, 5.74) is 1.23. The fraction of sp³-hybridized carbons (Fsp3) is 0.100. The van der Waals surface area contributed by atoms with Crippen molar-refractivity contribution in [1.82, 2.24) is 4.98 Å². The maximum atomic E-state index is 11.5. The van der Waals surface area contributed by atoms with Crippen LogP contribution in [-0.4, -0.2) is 36.2 Å². The van der Waals surface area contributed by atoms with Gasteiger partial charge < -0.3 is 3.29 Å². The molecule has 0 spiro atoms. The van der Waals surface area contributed by atoms with Gasteiger partial charge in [-0.05, 0) is 12.1 Å². The number of nitrogens with zero attached hydrogens (tertiary/aromatic N) is 2. The van der Waals surface area contributed by atoms with Crippen LogP contribution in [0.4, 0.5) is 5.69 Å². The molecule has 1 aromatic heterocycles. The van der Waals surface area contributed by atoms with Crippen LogP contribution in [0.1, 0.15) is 0 Å². The molecule has 1 heterocycles. The molecule has 0 amide bonds. The molecule has 0 aliphatic heterocycles. The maximum Gasteiger partial charge on any atom is 0.338 e. The lowest BCUT2D eigenvalue weighted by atomic mass is 10.2. The molecule has 2 aromatic rings. The first-order valence-electron chi connectivity index (χ1n) is 4.59. The van der Waals surface area contributed by atoms with Crippen LogP contribution in [0.2, 0.25) is 0 Å². The van der Waals surface area contributed by atoms with Crippen molar-refractivity contribution in [3.8, 4) is 0 Å². The highest BCUT2D eigenvalue weighted by atomic mass is 32.2. The van der Waals surface area contributed by atoms with Gasteiger partial charge in [-0.3, -0.25) is 4.98 Å². The third kappa shape index (κ3) is 2.05. The van der Waals surface area contributed by atoms with Gasteiger partial charge in [0, 0.05) is 11.6 Å². The molecule has 2 radical (unpaired) electrons. The summed E-state index contributed by atoms with van der Waals surface area (Å²) < 4.78 is 24.1. The minimum atomic E-state index is -3.29. The van der Waals surface area contributed by atoms with Crippen LogP contribution >= 0.6 is 0 Å². The largest absolute Gasteiger partial charge is 0.384 e. The summed E-state index contributed by atoms with van der Waals surface area (Å²) in [5.74, 6) is 0. The predicted molar refractivity (Wildman–Crippen MR) is 64.8 cm³/mol. The van der Waals surface area contributed by atoms with E-state index in [1.54, 1.807) is 12.3 Å². The lowest BCUT2D eigenvalue weighted by molar-refractivity contribution is 0.603. The second kappa shape index (κ2) is 4.06. The Balaban J connectivity index is 2.70. The van der Waals surface area contributed by atoms with Crippen molar-refractivity contribution >= 4 is 43.1 Å². The van der Waals surface area contributed by atoms with Crippen LogP contribution in [0.25, 0.3) is 10.9 Å². The number of aromatic nitrogens is 1. The zero-order valence-corrected chi connectivity index (χ0v) is 10.6. The Labute approximate surface area is 103 Å². The molecular weight excluding hydrogens is 239 g/mol. The summed E-state index contributed by atoms with van der Waals surface area (Å²) in [7, 11) is -3.29. The van der Waals surface area contributed by atoms with Gasteiger partial charge in [-0.15, -0.1) is 0 Å². The van der Waals surface area contributed by atoms with Crippen molar-refractivity contribution in [2.75, 3.05) is 9.54 Å². The van der Waals surface area contributed by atoms with Crippen molar-refractivity contribution in [3.63, 3.8) is 0 Å². The molecule has 0 aliphatic carbocycles. The number of rotatable bonds is 2. The summed E-state index contributed by atoms with van der Waals surface area (Å²) in [5, 5.41) is 0.913. The van der Waals surface area contributed by atoms with E-state index < -0.39 is 10.0 Å². The zero-order valence-electron chi connectivity index (χ0n) is 8.66. The van der Waals surface area contributed by atoms with Crippen LogP contribution in [0.15, 0.2) is 36.5 Å². The van der Waals surface area contributed by atoms with Crippen LogP contribution in [0.5, 0.6) is 0 Å². The molecule has 1 aromatic carbocycles. The summed E-state index contributed by atoms with van der Waals surface area (Å²) >= 11 is 2.20. The first kappa shape index (κ1) is 11.4. The maximum absolute atomic E-state index is 11.5. The molecular formula is C10H9AlN2O2S. The molecule has 0 bridgehead atoms. The SMILES string of the molecule is CS(=O)(=O)[N]([Al])c1cccc2cccnc12. The molecule has 0 saturated carbocycles. The molecule has 16 heavy (non-hydrogen) atoms. The topological polar surface area (TPSA) is 50.3 Å². The number of hydrogen-bond donors (Lipinski definition) is 0. The third-order valence-corrected chi connectivity index (χ3v) is 4.54. The summed E-state index contributed by atoms with van der Waals surface area (Å²) in [6.07, 6.45) is 2.80. The molecule has 0 unspecified atom stereocenters. The quantitative estimate of drug-likeness (QED) is 0.747. The molecule has 0 saturated heterocycles. The van der Waals surface area contributed by atoms with E-state index in [2.05, 4.69) is 21.5 Å². The monoisotopic (exact) mass is 248 g/mol. The third-order valence-electron chi connectivity index (χ3n) is 2.21. The van der Waals surface area contributed by atoms with Gasteiger partial charge in [0.15, 0.2) is 0 Å². The van der Waals surface area contributed by atoms with Gasteiger partial charge in [0.2, 0.25) is 10.0 Å². The lowest BCUT2D eigenvalue weighted by Gasteiger charge is -2.20. The van der Waals surface area contributed by atoms with Crippen molar-refractivity contribution < 1.29 is 8.42 Å². The molecule has 0 atom stereocenters. The zero-order chi connectivity index (χ0) is 11.8. The number of para-hydroxylation sites is 1. The lowest BCUT2D eigenvalue weighted by Crippen LogP contribution is -2.26. The average Bonchev–Trinajstić information content (AvgIpc) is 2.26. The van der Waals surface area contributed by atoms with Crippen LogP contribution in [-0.2, 0) is 10.0 Å². The second-order valence-corrected chi connectivity index (χ2v) is 6.16. The van der Waals surface area contributed by atoms with Gasteiger partial charge in [0.05, 0.1) is 17.5 Å². The van der Waals surface area contributed by atoms with Gasteiger partial charge >= 0.3 is 16.5 Å². The molecule has 0 aliphatic rings. The standard InChI is InChI=1S/C10H9N2O2S.Al/c1-15(13,14)12-9-6-2-4-8-5-3-7-11-10(8)9;/h2-7H,1H3;/q-1;+1. The Kier molecular flexibility index (Phi) is 2.89. The van der Waals surface area contributed by atoms with Gasteiger partial charge in [0.1, 0.15) is 0 Å². The Bertz CT molecular complexity index is 622. The Hall–Kier alpha value is -1.09. The molecule has 4 nitrogen and oxygen atoms in total. The Morgan fingerprint density at radius 1 is 1.25 bits per heavy atom. The number of benzene rings is 1. The summed E-state index contributed by atoms with van der Waals surface area (Å²) in [6.45, 7) is 0. The van der Waals surface area contributed by atoms with Gasteiger partial charge in [-0.2, -0.15) is 0 Å². The van der Waals surface area contributed by atoms with Crippen LogP contribution < -0.4 is 3.29 Å². The molecule has 0 fully saturated rings. The average molecular weight is 248 g/mol. The molecule has 80 valence electrons. The highest BCUT2D eigenvalue weighted by Crippen LogP contribution is 2.24. The van der Waals surface area contributed by atoms with Crippen molar-refractivity contribution in [3.05, 3.63) is 36.5 Å². The van der Waals surface area contributed by atoms with Gasteiger partial charge in [-0.1, -0.05) is 18.2 Å². The Morgan fingerprint density at radius 3 is 2.62 bits per heavy atom. The van der Waals surface area contributed by atoms with E-state index in [1.807, 2.05) is 24.3 Å². The van der Waals surface area contributed by atoms with Gasteiger partial charge in [0.25, 0.3) is 0 Å². The predicted octanol–water partition coefficient (Wildman–Crippen LogP) is 1.08. The van der Waals surface area contributed by atoms with Crippen LogP contribution in [0, 0.1) is 0 Å². The first-order chi connectivity index (χ1) is 7.50. The Morgan fingerprint density at radius 2 is 1.94 bits per heavy atom. The molecule has 6 heteroatoms. The minimum absolute atomic E-state index is 0.561. The van der Waals surface area contributed by atoms with Crippen molar-refractivity contribution in [2.24, 2.45) is 0 Å². The van der Waals surface area contributed by atoms with Crippen molar-refractivity contribution in [2.45, 2.75) is 0 Å². The number of pyridine rings is 1. The van der Waals surface area contributed by atoms with E-state index in [-0.39, 0.29) is 0 Å². The minimum Gasteiger partial charge on any atom is -0.384 e. The smallest absolute Gasteiger partial charge is 0.338 e. The van der Waals surface area contributed by atoms with E-state index in [9.17, 15) is 8.42 Å². The number of fused-ring (bicyclic) bond motifs is 1. The van der Waals surface area contributed by atoms with Gasteiger partial charge in [-0.25, -0.2) is 8.42 Å². The molecule has 0 N–H and O–H groups in total. The van der Waals surface area contributed by atoms with Crippen LogP contribution in [0.3, 0.4) is 0 Å². The highest BCUT2D eigenvalue weighted by Gasteiger charge is 2.13. The second-order valence-electron chi connectivity index (χ2n) is 3.41. The van der Waals surface area contributed by atoms with E-state index in [1.165, 1.54) is 0 Å². The fourth-order valence-electron chi connectivity index (χ4n) is 1.44. The first-order valence-corrected chi connectivity index (χ1v) is 6.95. The van der Waals surface area contributed by atoms with E-state index in [0.29, 0.717) is 11.2 Å². The normalized spacial score (nSPS) is 11.6. The molecule has 2 rings (SSSR count). The number of sulfonamides is 1. The number of anilines is 1.